The third-order valence-electron chi connectivity index (χ3n) is 3.22. The molecule has 0 unspecified atom stereocenters. The Hall–Kier alpha value is -2.56. The first-order valence-electron chi connectivity index (χ1n) is 7.03. The number of carbonyl (C=O) groups excluding carboxylic acids is 1. The summed E-state index contributed by atoms with van der Waals surface area (Å²) in [4.78, 5) is 11.7. The van der Waals surface area contributed by atoms with E-state index in [0.29, 0.717) is 5.56 Å². The predicted molar refractivity (Wildman–Crippen MR) is 83.5 cm³/mol. The van der Waals surface area contributed by atoms with Crippen LogP contribution in [0.15, 0.2) is 54.6 Å². The molecule has 0 aromatic heterocycles. The summed E-state index contributed by atoms with van der Waals surface area (Å²) in [7, 11) is 0. The summed E-state index contributed by atoms with van der Waals surface area (Å²) < 4.78 is 37.3. The van der Waals surface area contributed by atoms with Gasteiger partial charge in [0.05, 0.1) is 5.56 Å². The second-order valence-electron chi connectivity index (χ2n) is 5.16. The lowest BCUT2D eigenvalue weighted by Crippen LogP contribution is -2.20. The lowest BCUT2D eigenvalue weighted by atomic mass is 10.1. The van der Waals surface area contributed by atoms with Crippen molar-refractivity contribution in [1.29, 1.82) is 0 Å². The molecule has 5 heteroatoms. The van der Waals surface area contributed by atoms with E-state index >= 15 is 0 Å². The fraction of sp³-hybridized carbons (Fsp3) is 0.167. The normalized spacial score (nSPS) is 11.7. The molecular formula is C18H16F3NO. The smallest absolute Gasteiger partial charge is 0.348 e. The van der Waals surface area contributed by atoms with Crippen LogP contribution < -0.4 is 5.32 Å². The molecule has 0 saturated heterocycles. The molecule has 1 amide bonds. The van der Waals surface area contributed by atoms with Gasteiger partial charge in [0.1, 0.15) is 0 Å². The van der Waals surface area contributed by atoms with Crippen LogP contribution in [-0.2, 0) is 17.5 Å². The van der Waals surface area contributed by atoms with Gasteiger partial charge in [-0.3, -0.25) is 4.79 Å². The SMILES string of the molecule is Cc1cccc(/C=C/C(=O)NCc2ccc(C(F)(F)F)cc2)c1. The van der Waals surface area contributed by atoms with Crippen LogP contribution in [0, 0.1) is 6.92 Å². The number of aryl methyl sites for hydroxylation is 1. The first-order chi connectivity index (χ1) is 10.8. The highest BCUT2D eigenvalue weighted by Crippen LogP contribution is 2.29. The molecule has 0 fully saturated rings. The molecule has 0 aliphatic carbocycles. The Morgan fingerprint density at radius 2 is 1.83 bits per heavy atom. The van der Waals surface area contributed by atoms with E-state index in [1.54, 1.807) is 6.08 Å². The van der Waals surface area contributed by atoms with E-state index in [2.05, 4.69) is 5.32 Å². The first kappa shape index (κ1) is 16.8. The monoisotopic (exact) mass is 319 g/mol. The van der Waals surface area contributed by atoms with Crippen LogP contribution in [0.5, 0.6) is 0 Å². The van der Waals surface area contributed by atoms with Crippen molar-refractivity contribution in [2.24, 2.45) is 0 Å². The standard InChI is InChI=1S/C18H16F3NO/c1-13-3-2-4-14(11-13)7-10-17(23)22-12-15-5-8-16(9-6-15)18(19,20)21/h2-11H,12H2,1H3,(H,22,23)/b10-7+. The molecule has 0 saturated carbocycles. The summed E-state index contributed by atoms with van der Waals surface area (Å²) in [6.07, 6.45) is -1.26. The van der Waals surface area contributed by atoms with Crippen molar-refractivity contribution in [3.05, 3.63) is 76.9 Å². The second-order valence-corrected chi connectivity index (χ2v) is 5.16. The lowest BCUT2D eigenvalue weighted by molar-refractivity contribution is -0.137. The molecule has 0 atom stereocenters. The third kappa shape index (κ3) is 5.29. The minimum atomic E-state index is -4.35. The third-order valence-corrected chi connectivity index (χ3v) is 3.22. The molecule has 0 aliphatic heterocycles. The predicted octanol–water partition coefficient (Wildman–Crippen LogP) is 4.34. The van der Waals surface area contributed by atoms with E-state index in [-0.39, 0.29) is 12.5 Å². The van der Waals surface area contributed by atoms with Crippen LogP contribution >= 0.6 is 0 Å². The Morgan fingerprint density at radius 1 is 1.13 bits per heavy atom. The van der Waals surface area contributed by atoms with Gasteiger partial charge in [-0.05, 0) is 36.3 Å². The number of hydrogen-bond donors (Lipinski definition) is 1. The Morgan fingerprint density at radius 3 is 2.43 bits per heavy atom. The van der Waals surface area contributed by atoms with Crippen molar-refractivity contribution in [3.8, 4) is 0 Å². The van der Waals surface area contributed by atoms with E-state index in [1.165, 1.54) is 18.2 Å². The van der Waals surface area contributed by atoms with Crippen LogP contribution in [0.25, 0.3) is 6.08 Å². The van der Waals surface area contributed by atoms with Crippen LogP contribution in [0.4, 0.5) is 13.2 Å². The van der Waals surface area contributed by atoms with Gasteiger partial charge >= 0.3 is 6.18 Å². The van der Waals surface area contributed by atoms with E-state index in [1.807, 2.05) is 31.2 Å². The largest absolute Gasteiger partial charge is 0.416 e. The molecule has 2 aromatic carbocycles. The summed E-state index contributed by atoms with van der Waals surface area (Å²) in [5, 5.41) is 2.64. The van der Waals surface area contributed by atoms with E-state index in [0.717, 1.165) is 23.3 Å². The van der Waals surface area contributed by atoms with Gasteiger partial charge < -0.3 is 5.32 Å². The average Bonchev–Trinajstić information content (AvgIpc) is 2.50. The van der Waals surface area contributed by atoms with Crippen LogP contribution in [0.2, 0.25) is 0 Å². The molecule has 0 aliphatic rings. The summed E-state index contributed by atoms with van der Waals surface area (Å²) in [5.41, 5.74) is 1.91. The number of alkyl halides is 3. The molecule has 120 valence electrons. The van der Waals surface area contributed by atoms with Crippen molar-refractivity contribution in [1.82, 2.24) is 5.32 Å². The number of hydrogen-bond acceptors (Lipinski definition) is 1. The van der Waals surface area contributed by atoms with E-state index in [4.69, 9.17) is 0 Å². The zero-order valence-corrected chi connectivity index (χ0v) is 12.5. The number of amides is 1. The second kappa shape index (κ2) is 7.13. The topological polar surface area (TPSA) is 29.1 Å². The zero-order valence-electron chi connectivity index (χ0n) is 12.5. The Balaban J connectivity index is 1.89. The van der Waals surface area contributed by atoms with Crippen LogP contribution in [0.3, 0.4) is 0 Å². The fourth-order valence-electron chi connectivity index (χ4n) is 2.01. The van der Waals surface area contributed by atoms with Gasteiger partial charge in [0.25, 0.3) is 0 Å². The summed E-state index contributed by atoms with van der Waals surface area (Å²) >= 11 is 0. The lowest BCUT2D eigenvalue weighted by Gasteiger charge is -2.07. The molecule has 0 bridgehead atoms. The van der Waals surface area contributed by atoms with Crippen molar-refractivity contribution in [2.75, 3.05) is 0 Å². The highest BCUT2D eigenvalue weighted by atomic mass is 19.4. The van der Waals surface area contributed by atoms with Crippen molar-refractivity contribution >= 4 is 12.0 Å². The molecule has 0 spiro atoms. The van der Waals surface area contributed by atoms with Crippen molar-refractivity contribution < 1.29 is 18.0 Å². The maximum atomic E-state index is 12.4. The highest BCUT2D eigenvalue weighted by Gasteiger charge is 2.29. The van der Waals surface area contributed by atoms with E-state index < -0.39 is 11.7 Å². The van der Waals surface area contributed by atoms with Crippen molar-refractivity contribution in [2.45, 2.75) is 19.6 Å². The van der Waals surface area contributed by atoms with Crippen molar-refractivity contribution in [3.63, 3.8) is 0 Å². The van der Waals surface area contributed by atoms with Crippen LogP contribution in [0.1, 0.15) is 22.3 Å². The molecule has 2 rings (SSSR count). The Bertz CT molecular complexity index is 703. The molecule has 0 heterocycles. The molecule has 2 aromatic rings. The van der Waals surface area contributed by atoms with Gasteiger partial charge in [-0.15, -0.1) is 0 Å². The quantitative estimate of drug-likeness (QED) is 0.834. The molecule has 23 heavy (non-hydrogen) atoms. The highest BCUT2D eigenvalue weighted by molar-refractivity contribution is 5.91. The number of rotatable bonds is 4. The van der Waals surface area contributed by atoms with Gasteiger partial charge in [0, 0.05) is 12.6 Å². The molecule has 0 radical (unpaired) electrons. The van der Waals surface area contributed by atoms with Gasteiger partial charge in [-0.2, -0.15) is 13.2 Å². The number of benzene rings is 2. The molecule has 1 N–H and O–H groups in total. The van der Waals surface area contributed by atoms with Gasteiger partial charge in [-0.25, -0.2) is 0 Å². The maximum absolute atomic E-state index is 12.4. The van der Waals surface area contributed by atoms with Crippen LogP contribution in [-0.4, -0.2) is 5.91 Å². The summed E-state index contributed by atoms with van der Waals surface area (Å²) in [5.74, 6) is -0.300. The number of nitrogens with one attached hydrogen (secondary N) is 1. The van der Waals surface area contributed by atoms with Gasteiger partial charge in [0.2, 0.25) is 5.91 Å². The van der Waals surface area contributed by atoms with Gasteiger partial charge in [-0.1, -0.05) is 42.0 Å². The average molecular weight is 319 g/mol. The first-order valence-corrected chi connectivity index (χ1v) is 7.03. The molecular weight excluding hydrogens is 303 g/mol. The number of carbonyl (C=O) groups is 1. The zero-order chi connectivity index (χ0) is 16.9. The minimum Gasteiger partial charge on any atom is -0.348 e. The Labute approximate surface area is 132 Å². The van der Waals surface area contributed by atoms with E-state index in [9.17, 15) is 18.0 Å². The summed E-state index contributed by atoms with van der Waals surface area (Å²) in [6, 6.07) is 12.4. The Kier molecular flexibility index (Phi) is 5.21. The minimum absolute atomic E-state index is 0.176. The summed E-state index contributed by atoms with van der Waals surface area (Å²) in [6.45, 7) is 2.14. The molecule has 2 nitrogen and oxygen atoms in total. The van der Waals surface area contributed by atoms with Gasteiger partial charge in [0.15, 0.2) is 0 Å². The number of halogens is 3. The maximum Gasteiger partial charge on any atom is 0.416 e. The fourth-order valence-corrected chi connectivity index (χ4v) is 2.01.